The van der Waals surface area contributed by atoms with Gasteiger partial charge in [0.1, 0.15) is 11.4 Å². The highest BCUT2D eigenvalue weighted by Crippen LogP contribution is 2.32. The van der Waals surface area contributed by atoms with Crippen LogP contribution in [0.25, 0.3) is 11.1 Å². The topological polar surface area (TPSA) is 92.4 Å². The van der Waals surface area contributed by atoms with Crippen LogP contribution in [-0.2, 0) is 4.74 Å². The Bertz CT molecular complexity index is 1190. The number of aromatic nitrogens is 3. The molecule has 1 aromatic carbocycles. The van der Waals surface area contributed by atoms with Gasteiger partial charge in [-0.1, -0.05) is 12.1 Å². The molecule has 0 bridgehead atoms. The van der Waals surface area contributed by atoms with Crippen LogP contribution in [0.3, 0.4) is 0 Å². The molecule has 0 radical (unpaired) electrons. The highest BCUT2D eigenvalue weighted by Gasteiger charge is 2.38. The third-order valence-corrected chi connectivity index (χ3v) is 5.82. The number of benzene rings is 1. The summed E-state index contributed by atoms with van der Waals surface area (Å²) in [6.07, 6.45) is 2.55. The van der Waals surface area contributed by atoms with Gasteiger partial charge in [0.15, 0.2) is 11.6 Å². The zero-order valence-corrected chi connectivity index (χ0v) is 17.3. The number of nitrogens with one attached hydrogen (secondary N) is 2. The summed E-state index contributed by atoms with van der Waals surface area (Å²) in [6, 6.07) is 7.47. The molecule has 5 rings (SSSR count). The number of hydrogen-bond donors (Lipinski definition) is 2. The Morgan fingerprint density at radius 3 is 2.58 bits per heavy atom. The third-order valence-electron chi connectivity index (χ3n) is 5.82. The first-order valence-electron chi connectivity index (χ1n) is 10.4. The van der Waals surface area contributed by atoms with E-state index in [0.29, 0.717) is 42.1 Å². The summed E-state index contributed by atoms with van der Waals surface area (Å²) in [6.45, 7) is -0.0509. The summed E-state index contributed by atoms with van der Waals surface area (Å²) >= 11 is 0. The van der Waals surface area contributed by atoms with Gasteiger partial charge in [0.2, 0.25) is 5.95 Å². The fourth-order valence-electron chi connectivity index (χ4n) is 4.15. The first-order chi connectivity index (χ1) is 16.0. The smallest absolute Gasteiger partial charge is 0.387 e. The summed E-state index contributed by atoms with van der Waals surface area (Å²) in [5.74, 6) is 0.413. The lowest BCUT2D eigenvalue weighted by Gasteiger charge is -2.18. The fourth-order valence-corrected chi connectivity index (χ4v) is 4.15. The monoisotopic (exact) mass is 459 g/mol. The lowest BCUT2D eigenvalue weighted by molar-refractivity contribution is -0.0498. The molecule has 2 atom stereocenters. The summed E-state index contributed by atoms with van der Waals surface area (Å²) in [5, 5.41) is 2.76. The van der Waals surface area contributed by atoms with E-state index >= 15 is 0 Å². The van der Waals surface area contributed by atoms with Crippen LogP contribution in [0.4, 0.5) is 30.6 Å². The largest absolute Gasteiger partial charge is 0.435 e. The Kier molecular flexibility index (Phi) is 5.63. The van der Waals surface area contributed by atoms with Gasteiger partial charge in [-0.25, -0.2) is 9.37 Å². The lowest BCUT2D eigenvalue weighted by atomic mass is 10.0. The first kappa shape index (κ1) is 21.3. The van der Waals surface area contributed by atoms with Crippen LogP contribution < -0.4 is 20.5 Å². The maximum absolute atomic E-state index is 14.5. The van der Waals surface area contributed by atoms with Crippen LogP contribution in [0, 0.1) is 17.7 Å². The third kappa shape index (κ3) is 4.49. The molecule has 0 spiro atoms. The lowest BCUT2D eigenvalue weighted by Crippen LogP contribution is -2.25. The molecule has 2 N–H and O–H groups in total. The Morgan fingerprint density at radius 2 is 1.88 bits per heavy atom. The molecule has 172 valence electrons. The average Bonchev–Trinajstić information content (AvgIpc) is 3.39. The number of rotatable bonds is 6. The van der Waals surface area contributed by atoms with Crippen molar-refractivity contribution in [1.82, 2.24) is 15.0 Å². The second-order valence-corrected chi connectivity index (χ2v) is 7.99. The van der Waals surface area contributed by atoms with E-state index in [1.807, 2.05) is 4.90 Å². The van der Waals surface area contributed by atoms with E-state index in [1.54, 1.807) is 12.1 Å². The Morgan fingerprint density at radius 1 is 1.15 bits per heavy atom. The fraction of sp³-hybridized carbons (Fsp3) is 0.318. The minimum atomic E-state index is -2.92. The van der Waals surface area contributed by atoms with E-state index in [4.69, 9.17) is 4.74 Å². The second-order valence-electron chi connectivity index (χ2n) is 7.99. The van der Waals surface area contributed by atoms with E-state index in [0.717, 1.165) is 19.3 Å². The number of H-pyrrole nitrogens is 1. The van der Waals surface area contributed by atoms with Crippen molar-refractivity contribution in [2.24, 2.45) is 11.8 Å². The molecule has 0 saturated carbocycles. The highest BCUT2D eigenvalue weighted by molar-refractivity contribution is 5.69. The van der Waals surface area contributed by atoms with Crippen molar-refractivity contribution in [2.45, 2.75) is 6.61 Å². The van der Waals surface area contributed by atoms with Crippen molar-refractivity contribution in [1.29, 1.82) is 0 Å². The van der Waals surface area contributed by atoms with Gasteiger partial charge >= 0.3 is 6.61 Å². The van der Waals surface area contributed by atoms with Crippen molar-refractivity contribution < 1.29 is 22.6 Å². The molecule has 4 heterocycles. The molecule has 3 aromatic rings. The number of aromatic amines is 1. The van der Waals surface area contributed by atoms with Gasteiger partial charge < -0.3 is 24.7 Å². The molecule has 0 aliphatic carbocycles. The predicted octanol–water partition coefficient (Wildman–Crippen LogP) is 3.40. The first-order valence-corrected chi connectivity index (χ1v) is 10.4. The molecular formula is C22H20F3N5O3. The van der Waals surface area contributed by atoms with Crippen LogP contribution in [-0.4, -0.2) is 47.9 Å². The molecule has 0 amide bonds. The van der Waals surface area contributed by atoms with E-state index < -0.39 is 18.0 Å². The number of hydrogen-bond acceptors (Lipinski definition) is 7. The van der Waals surface area contributed by atoms with Crippen molar-refractivity contribution in [2.75, 3.05) is 36.5 Å². The van der Waals surface area contributed by atoms with E-state index in [9.17, 15) is 18.0 Å². The molecular weight excluding hydrogens is 439 g/mol. The Balaban J connectivity index is 1.37. The van der Waals surface area contributed by atoms with Crippen molar-refractivity contribution in [3.05, 3.63) is 58.9 Å². The van der Waals surface area contributed by atoms with Gasteiger partial charge in [-0.2, -0.15) is 13.8 Å². The Labute approximate surface area is 186 Å². The molecule has 2 aliphatic rings. The van der Waals surface area contributed by atoms with Gasteiger partial charge in [0.05, 0.1) is 19.4 Å². The van der Waals surface area contributed by atoms with Crippen LogP contribution in [0.2, 0.25) is 0 Å². The number of alkyl halides is 2. The van der Waals surface area contributed by atoms with Gasteiger partial charge in [-0.15, -0.1) is 0 Å². The summed E-state index contributed by atoms with van der Waals surface area (Å²) in [5.41, 5.74) is 0.841. The molecule has 8 nitrogen and oxygen atoms in total. The number of fused-ring (bicyclic) bond motifs is 1. The molecule has 2 unspecified atom stereocenters. The zero-order valence-electron chi connectivity index (χ0n) is 17.3. The van der Waals surface area contributed by atoms with Crippen LogP contribution in [0.1, 0.15) is 0 Å². The van der Waals surface area contributed by atoms with Crippen LogP contribution in [0.5, 0.6) is 5.75 Å². The summed E-state index contributed by atoms with van der Waals surface area (Å²) in [4.78, 5) is 25.4. The van der Waals surface area contributed by atoms with Crippen LogP contribution >= 0.6 is 0 Å². The number of halogens is 3. The van der Waals surface area contributed by atoms with Gasteiger partial charge in [-0.05, 0) is 23.8 Å². The van der Waals surface area contributed by atoms with Crippen LogP contribution in [0.15, 0.2) is 47.5 Å². The molecule has 11 heteroatoms. The molecule has 2 fully saturated rings. The molecule has 2 saturated heterocycles. The normalized spacial score (nSPS) is 19.7. The number of ether oxygens (including phenoxy) is 2. The maximum Gasteiger partial charge on any atom is 0.387 e. The minimum absolute atomic E-state index is 0.0183. The van der Waals surface area contributed by atoms with Gasteiger partial charge in [0, 0.05) is 36.7 Å². The van der Waals surface area contributed by atoms with Gasteiger partial charge in [0.25, 0.3) is 5.56 Å². The molecule has 2 aliphatic heterocycles. The van der Waals surface area contributed by atoms with Crippen molar-refractivity contribution in [3.8, 4) is 16.9 Å². The van der Waals surface area contributed by atoms with Crippen molar-refractivity contribution >= 4 is 17.5 Å². The molecule has 2 aromatic heterocycles. The van der Waals surface area contributed by atoms with Gasteiger partial charge in [-0.3, -0.25) is 4.79 Å². The SMILES string of the molecule is O=c1[nH]cc(-c2ccc(OC(F)F)cc2)cc1Nc1nc(N2CC3COCC3C2)ncc1F. The average molecular weight is 459 g/mol. The van der Waals surface area contributed by atoms with E-state index in [2.05, 4.69) is 25.0 Å². The summed E-state index contributed by atoms with van der Waals surface area (Å²) < 4.78 is 49.0. The second kappa shape index (κ2) is 8.74. The Hall–Kier alpha value is -3.60. The van der Waals surface area contributed by atoms with E-state index in [-0.39, 0.29) is 17.3 Å². The quantitative estimate of drug-likeness (QED) is 0.584. The number of anilines is 3. The minimum Gasteiger partial charge on any atom is -0.435 e. The number of pyridine rings is 1. The zero-order chi connectivity index (χ0) is 22.9. The van der Waals surface area contributed by atoms with Crippen molar-refractivity contribution in [3.63, 3.8) is 0 Å². The molecule has 33 heavy (non-hydrogen) atoms. The summed E-state index contributed by atoms with van der Waals surface area (Å²) in [7, 11) is 0. The maximum atomic E-state index is 14.5. The van der Waals surface area contributed by atoms with E-state index in [1.165, 1.54) is 24.4 Å². The predicted molar refractivity (Wildman–Crippen MR) is 114 cm³/mol. The number of nitrogens with zero attached hydrogens (tertiary/aromatic N) is 3. The standard InChI is InChI=1S/C22H20F3N5O3/c23-17-7-27-22(30-8-14-10-32-11-15(14)9-30)29-19(17)28-18-5-13(6-26-20(18)31)12-1-3-16(4-2-12)33-21(24)25/h1-7,14-15,21H,8-11H2,(H,26,31)(H,27,28,29). The highest BCUT2D eigenvalue weighted by atomic mass is 19.3.